The number of benzene rings is 2. The summed E-state index contributed by atoms with van der Waals surface area (Å²) < 4.78 is 14.4. The number of rotatable bonds is 6. The Bertz CT molecular complexity index is 1100. The zero-order chi connectivity index (χ0) is 19.0. The van der Waals surface area contributed by atoms with Crippen LogP contribution in [0.3, 0.4) is 0 Å². The van der Waals surface area contributed by atoms with E-state index >= 15 is 0 Å². The third-order valence-corrected chi connectivity index (χ3v) is 7.62. The quantitative estimate of drug-likeness (QED) is 0.403. The second-order valence-electron chi connectivity index (χ2n) is 6.29. The number of fused-ring (bicyclic) bond motifs is 1. The second kappa shape index (κ2) is 7.95. The van der Waals surface area contributed by atoms with Gasteiger partial charge in [0.05, 0.1) is 31.6 Å². The van der Waals surface area contributed by atoms with E-state index in [-0.39, 0.29) is 11.6 Å². The molecule has 4 nitrogen and oxygen atoms in total. The molecule has 3 aromatic rings. The van der Waals surface area contributed by atoms with Gasteiger partial charge in [0, 0.05) is 22.6 Å². The minimum absolute atomic E-state index is 0.00427. The van der Waals surface area contributed by atoms with Crippen molar-refractivity contribution in [2.45, 2.75) is 28.9 Å². The van der Waals surface area contributed by atoms with E-state index in [0.29, 0.717) is 42.5 Å². The lowest BCUT2D eigenvalue weighted by molar-refractivity contribution is 0.618. The SMILES string of the molecule is O=c1c2ccccc2nc(SCC[S@](=O)c2cc(Cl)ccc2Cl)n1C1CC1. The van der Waals surface area contributed by atoms with E-state index in [1.807, 2.05) is 24.3 Å². The summed E-state index contributed by atoms with van der Waals surface area (Å²) in [5, 5.41) is 2.29. The first-order valence-electron chi connectivity index (χ1n) is 8.52. The Morgan fingerprint density at radius 1 is 1.19 bits per heavy atom. The molecule has 0 bridgehead atoms. The summed E-state index contributed by atoms with van der Waals surface area (Å²) in [6, 6.07) is 12.6. The largest absolute Gasteiger partial charge is 0.284 e. The molecular weight excluding hydrogens is 423 g/mol. The van der Waals surface area contributed by atoms with Gasteiger partial charge in [0.1, 0.15) is 0 Å². The van der Waals surface area contributed by atoms with Crippen LogP contribution in [0.15, 0.2) is 57.3 Å². The lowest BCUT2D eigenvalue weighted by Gasteiger charge is -2.12. The Labute approximate surface area is 173 Å². The number of hydrogen-bond donors (Lipinski definition) is 0. The molecule has 8 heteroatoms. The van der Waals surface area contributed by atoms with Crippen molar-refractivity contribution in [2.24, 2.45) is 0 Å². The molecule has 0 spiro atoms. The van der Waals surface area contributed by atoms with Crippen LogP contribution in [0.25, 0.3) is 10.9 Å². The van der Waals surface area contributed by atoms with Crippen LogP contribution < -0.4 is 5.56 Å². The summed E-state index contributed by atoms with van der Waals surface area (Å²) in [4.78, 5) is 18.1. The fourth-order valence-corrected chi connectivity index (χ4v) is 5.88. The van der Waals surface area contributed by atoms with Crippen LogP contribution in [0.2, 0.25) is 10.0 Å². The molecule has 1 aliphatic rings. The van der Waals surface area contributed by atoms with Gasteiger partial charge >= 0.3 is 0 Å². The molecule has 1 aliphatic carbocycles. The maximum absolute atomic E-state index is 12.8. The number of thioether (sulfide) groups is 1. The van der Waals surface area contributed by atoms with E-state index in [1.165, 1.54) is 11.8 Å². The molecule has 0 amide bonds. The number of halogens is 2. The van der Waals surface area contributed by atoms with Gasteiger partial charge in [-0.25, -0.2) is 4.98 Å². The first-order valence-corrected chi connectivity index (χ1v) is 11.6. The number of nitrogens with zero attached hydrogens (tertiary/aromatic N) is 2. The summed E-state index contributed by atoms with van der Waals surface area (Å²) in [5.41, 5.74) is 0.700. The van der Waals surface area contributed by atoms with Gasteiger partial charge in [0.25, 0.3) is 5.56 Å². The Morgan fingerprint density at radius 2 is 1.96 bits per heavy atom. The lowest BCUT2D eigenvalue weighted by Crippen LogP contribution is -2.22. The van der Waals surface area contributed by atoms with E-state index in [4.69, 9.17) is 23.2 Å². The number of para-hydroxylation sites is 1. The van der Waals surface area contributed by atoms with Crippen molar-refractivity contribution in [3.63, 3.8) is 0 Å². The van der Waals surface area contributed by atoms with Gasteiger partial charge in [-0.2, -0.15) is 0 Å². The van der Waals surface area contributed by atoms with E-state index < -0.39 is 10.8 Å². The molecule has 0 aliphatic heterocycles. The summed E-state index contributed by atoms with van der Waals surface area (Å²) >= 11 is 13.6. The Balaban J connectivity index is 1.55. The van der Waals surface area contributed by atoms with Crippen LogP contribution in [-0.4, -0.2) is 25.3 Å². The number of aromatic nitrogens is 2. The van der Waals surface area contributed by atoms with Crippen LogP contribution in [0.5, 0.6) is 0 Å². The minimum atomic E-state index is -1.27. The predicted molar refractivity (Wildman–Crippen MR) is 113 cm³/mol. The van der Waals surface area contributed by atoms with Crippen molar-refractivity contribution in [1.29, 1.82) is 0 Å². The third kappa shape index (κ3) is 4.09. The van der Waals surface area contributed by atoms with Gasteiger partial charge in [-0.1, -0.05) is 47.1 Å². The monoisotopic (exact) mass is 438 g/mol. The predicted octanol–water partition coefficient (Wildman–Crippen LogP) is 4.94. The lowest BCUT2D eigenvalue weighted by atomic mass is 10.2. The maximum Gasteiger partial charge on any atom is 0.262 e. The summed E-state index contributed by atoms with van der Waals surface area (Å²) in [6.45, 7) is 0. The highest BCUT2D eigenvalue weighted by molar-refractivity contribution is 8.00. The zero-order valence-corrected chi connectivity index (χ0v) is 17.4. The van der Waals surface area contributed by atoms with Gasteiger partial charge in [-0.15, -0.1) is 0 Å². The Hall–Kier alpha value is -1.34. The van der Waals surface area contributed by atoms with Gasteiger partial charge in [0.2, 0.25) is 0 Å². The van der Waals surface area contributed by atoms with Crippen molar-refractivity contribution in [3.8, 4) is 0 Å². The number of hydrogen-bond acceptors (Lipinski definition) is 4. The van der Waals surface area contributed by atoms with Crippen LogP contribution in [0.1, 0.15) is 18.9 Å². The average Bonchev–Trinajstić information content (AvgIpc) is 3.48. The summed E-state index contributed by atoms with van der Waals surface area (Å²) in [5.74, 6) is 0.963. The molecule has 0 radical (unpaired) electrons. The molecule has 1 aromatic heterocycles. The average molecular weight is 439 g/mol. The minimum Gasteiger partial charge on any atom is -0.284 e. The van der Waals surface area contributed by atoms with Crippen LogP contribution >= 0.6 is 35.0 Å². The first kappa shape index (κ1) is 19.0. The van der Waals surface area contributed by atoms with Crippen LogP contribution in [0.4, 0.5) is 0 Å². The Kier molecular flexibility index (Phi) is 5.60. The fraction of sp³-hybridized carbons (Fsp3) is 0.263. The van der Waals surface area contributed by atoms with Crippen molar-refractivity contribution < 1.29 is 4.21 Å². The molecule has 140 valence electrons. The molecule has 4 rings (SSSR count). The fourth-order valence-electron chi connectivity index (χ4n) is 2.85. The van der Waals surface area contributed by atoms with E-state index in [0.717, 1.165) is 12.8 Å². The Morgan fingerprint density at radius 3 is 2.74 bits per heavy atom. The van der Waals surface area contributed by atoms with Crippen molar-refractivity contribution in [3.05, 3.63) is 62.9 Å². The second-order valence-corrected chi connectivity index (χ2v) is 9.74. The smallest absolute Gasteiger partial charge is 0.262 e. The van der Waals surface area contributed by atoms with Crippen molar-refractivity contribution >= 4 is 56.7 Å². The van der Waals surface area contributed by atoms with E-state index in [9.17, 15) is 9.00 Å². The molecule has 2 aromatic carbocycles. The van der Waals surface area contributed by atoms with Crippen LogP contribution in [-0.2, 0) is 10.8 Å². The highest BCUT2D eigenvalue weighted by Crippen LogP contribution is 2.37. The molecule has 1 heterocycles. The molecule has 1 fully saturated rings. The molecule has 0 N–H and O–H groups in total. The van der Waals surface area contributed by atoms with Gasteiger partial charge < -0.3 is 0 Å². The van der Waals surface area contributed by atoms with Crippen LogP contribution in [0, 0.1) is 0 Å². The zero-order valence-electron chi connectivity index (χ0n) is 14.2. The molecule has 0 unspecified atom stereocenters. The summed E-state index contributed by atoms with van der Waals surface area (Å²) in [7, 11) is -1.27. The van der Waals surface area contributed by atoms with E-state index in [2.05, 4.69) is 4.98 Å². The molecule has 1 saturated carbocycles. The van der Waals surface area contributed by atoms with E-state index in [1.54, 1.807) is 22.8 Å². The molecule has 1 atom stereocenters. The van der Waals surface area contributed by atoms with Crippen molar-refractivity contribution in [2.75, 3.05) is 11.5 Å². The molecule has 27 heavy (non-hydrogen) atoms. The maximum atomic E-state index is 12.8. The van der Waals surface area contributed by atoms with Crippen molar-refractivity contribution in [1.82, 2.24) is 9.55 Å². The highest BCUT2D eigenvalue weighted by Gasteiger charge is 2.28. The summed E-state index contributed by atoms with van der Waals surface area (Å²) in [6.07, 6.45) is 2.00. The first-order chi connectivity index (χ1) is 13.0. The topological polar surface area (TPSA) is 52.0 Å². The normalized spacial score (nSPS) is 15.2. The van der Waals surface area contributed by atoms with Gasteiger partial charge in [0.15, 0.2) is 5.16 Å². The van der Waals surface area contributed by atoms with Gasteiger partial charge in [-0.05, 0) is 43.2 Å². The van der Waals surface area contributed by atoms with Gasteiger partial charge in [-0.3, -0.25) is 13.6 Å². The third-order valence-electron chi connectivity index (χ3n) is 4.33. The molecule has 0 saturated heterocycles. The molecular formula is C19H16Cl2N2O2S2. The standard InChI is InChI=1S/C19H16Cl2N2O2S2/c20-12-5-8-15(21)17(11-12)27(25)10-9-26-19-22-16-4-2-1-3-14(16)18(24)23(19)13-6-7-13/h1-5,8,11,13H,6-7,9-10H2/t27-/m0/s1. The highest BCUT2D eigenvalue weighted by atomic mass is 35.5.